The summed E-state index contributed by atoms with van der Waals surface area (Å²) in [5.41, 5.74) is 2.28. The van der Waals surface area contributed by atoms with Crippen molar-refractivity contribution in [2.45, 2.75) is 25.9 Å². The Kier molecular flexibility index (Phi) is 4.13. The summed E-state index contributed by atoms with van der Waals surface area (Å²) in [5.74, 6) is 0. The third-order valence-electron chi connectivity index (χ3n) is 3.13. The van der Waals surface area contributed by atoms with Crippen molar-refractivity contribution in [2.24, 2.45) is 0 Å². The van der Waals surface area contributed by atoms with Gasteiger partial charge in [-0.05, 0) is 41.2 Å². The van der Waals surface area contributed by atoms with E-state index in [4.69, 9.17) is 5.11 Å². The third kappa shape index (κ3) is 2.65. The third-order valence-corrected chi connectivity index (χ3v) is 3.13. The van der Waals surface area contributed by atoms with Crippen molar-refractivity contribution in [3.63, 3.8) is 0 Å². The lowest BCUT2D eigenvalue weighted by molar-refractivity contribution is 0.283. The lowest BCUT2D eigenvalue weighted by Crippen LogP contribution is -1.93. The van der Waals surface area contributed by atoms with E-state index in [1.807, 2.05) is 18.2 Å². The van der Waals surface area contributed by atoms with Crippen molar-refractivity contribution >= 4 is 10.8 Å². The van der Waals surface area contributed by atoms with Crippen LogP contribution in [0.25, 0.3) is 10.8 Å². The zero-order valence-corrected chi connectivity index (χ0v) is 9.89. The maximum atomic E-state index is 9.31. The van der Waals surface area contributed by atoms with Gasteiger partial charge in [0.05, 0.1) is 6.61 Å². The van der Waals surface area contributed by atoms with Gasteiger partial charge in [0.2, 0.25) is 0 Å². The van der Waals surface area contributed by atoms with Crippen LogP contribution in [0.3, 0.4) is 0 Å². The average molecular weight is 230 g/mol. The molecule has 17 heavy (non-hydrogen) atoms. The van der Waals surface area contributed by atoms with E-state index in [0.717, 1.165) is 30.2 Å². The molecule has 2 aromatic rings. The molecule has 0 radical (unpaired) electrons. The van der Waals surface area contributed by atoms with E-state index in [0.29, 0.717) is 0 Å². The van der Waals surface area contributed by atoms with Crippen molar-refractivity contribution in [3.05, 3.63) is 47.5 Å². The van der Waals surface area contributed by atoms with Crippen molar-refractivity contribution < 1.29 is 10.2 Å². The second kappa shape index (κ2) is 5.80. The average Bonchev–Trinajstić information content (AvgIpc) is 2.39. The summed E-state index contributed by atoms with van der Waals surface area (Å²) in [6, 6.07) is 12.3. The van der Waals surface area contributed by atoms with Crippen molar-refractivity contribution in [2.75, 3.05) is 6.61 Å². The predicted octanol–water partition coefficient (Wildman–Crippen LogP) is 2.65. The molecule has 0 atom stereocenters. The zero-order valence-electron chi connectivity index (χ0n) is 9.89. The van der Waals surface area contributed by atoms with E-state index in [1.54, 1.807) is 0 Å². The quantitative estimate of drug-likeness (QED) is 0.775. The minimum Gasteiger partial charge on any atom is -0.396 e. The summed E-state index contributed by atoms with van der Waals surface area (Å²) >= 11 is 0. The molecule has 0 aliphatic rings. The Hall–Kier alpha value is -1.38. The molecule has 2 N–H and O–H groups in total. The molecule has 2 nitrogen and oxygen atoms in total. The standard InChI is InChI=1S/C15H18O2/c16-10-4-3-5-12-8-9-13(11-17)15-7-2-1-6-14(12)15/h1-2,6-9,16-17H,3-5,10-11H2. The summed E-state index contributed by atoms with van der Waals surface area (Å²) in [6.45, 7) is 0.337. The molecule has 0 aliphatic carbocycles. The molecule has 0 amide bonds. The summed E-state index contributed by atoms with van der Waals surface area (Å²) in [7, 11) is 0. The Morgan fingerprint density at radius 3 is 2.06 bits per heavy atom. The van der Waals surface area contributed by atoms with E-state index in [9.17, 15) is 5.11 Å². The van der Waals surface area contributed by atoms with Crippen LogP contribution >= 0.6 is 0 Å². The number of fused-ring (bicyclic) bond motifs is 1. The van der Waals surface area contributed by atoms with Crippen LogP contribution in [-0.4, -0.2) is 16.8 Å². The van der Waals surface area contributed by atoms with Gasteiger partial charge < -0.3 is 10.2 Å². The molecule has 0 aromatic heterocycles. The highest BCUT2D eigenvalue weighted by Crippen LogP contribution is 2.24. The first kappa shape index (κ1) is 12.1. The number of unbranched alkanes of at least 4 members (excludes halogenated alkanes) is 1. The van der Waals surface area contributed by atoms with Crippen LogP contribution in [0.15, 0.2) is 36.4 Å². The van der Waals surface area contributed by atoms with Gasteiger partial charge >= 0.3 is 0 Å². The summed E-state index contributed by atoms with van der Waals surface area (Å²) in [6.07, 6.45) is 2.82. The minimum absolute atomic E-state index is 0.0808. The molecule has 0 bridgehead atoms. The maximum absolute atomic E-state index is 9.31. The maximum Gasteiger partial charge on any atom is 0.0687 e. The van der Waals surface area contributed by atoms with E-state index >= 15 is 0 Å². The Balaban J connectivity index is 2.37. The van der Waals surface area contributed by atoms with Crippen LogP contribution in [0.1, 0.15) is 24.0 Å². The number of aliphatic hydroxyl groups is 2. The second-order valence-electron chi connectivity index (χ2n) is 4.27. The molecule has 2 rings (SSSR count). The SMILES string of the molecule is OCCCCc1ccc(CO)c2ccccc12. The van der Waals surface area contributed by atoms with Crippen LogP contribution < -0.4 is 0 Å². The normalized spacial score (nSPS) is 10.9. The fraction of sp³-hybridized carbons (Fsp3) is 0.333. The number of benzene rings is 2. The van der Waals surface area contributed by atoms with Crippen LogP contribution in [0, 0.1) is 0 Å². The Morgan fingerprint density at radius 2 is 1.41 bits per heavy atom. The fourth-order valence-corrected chi connectivity index (χ4v) is 2.21. The molecular weight excluding hydrogens is 212 g/mol. The first-order valence-electron chi connectivity index (χ1n) is 6.08. The van der Waals surface area contributed by atoms with Crippen molar-refractivity contribution in [1.29, 1.82) is 0 Å². The Labute approximate surface area is 102 Å². The van der Waals surface area contributed by atoms with Gasteiger partial charge in [0.25, 0.3) is 0 Å². The zero-order chi connectivity index (χ0) is 12.1. The van der Waals surface area contributed by atoms with E-state index in [-0.39, 0.29) is 13.2 Å². The first-order chi connectivity index (χ1) is 8.36. The molecule has 0 spiro atoms. The molecule has 0 saturated carbocycles. The molecule has 0 fully saturated rings. The van der Waals surface area contributed by atoms with E-state index < -0.39 is 0 Å². The van der Waals surface area contributed by atoms with Crippen LogP contribution in [0.4, 0.5) is 0 Å². The lowest BCUT2D eigenvalue weighted by atomic mass is 9.97. The highest BCUT2D eigenvalue weighted by molar-refractivity contribution is 5.88. The van der Waals surface area contributed by atoms with Gasteiger partial charge in [0.15, 0.2) is 0 Å². The van der Waals surface area contributed by atoms with Gasteiger partial charge in [-0.15, -0.1) is 0 Å². The molecule has 90 valence electrons. The van der Waals surface area contributed by atoms with E-state index in [2.05, 4.69) is 18.2 Å². The van der Waals surface area contributed by atoms with Crippen LogP contribution in [0.2, 0.25) is 0 Å². The van der Waals surface area contributed by atoms with Gasteiger partial charge in [-0.2, -0.15) is 0 Å². The lowest BCUT2D eigenvalue weighted by Gasteiger charge is -2.09. The highest BCUT2D eigenvalue weighted by Gasteiger charge is 2.04. The smallest absolute Gasteiger partial charge is 0.0687 e. The molecule has 2 aromatic carbocycles. The molecular formula is C15H18O2. The Morgan fingerprint density at radius 1 is 0.765 bits per heavy atom. The van der Waals surface area contributed by atoms with Gasteiger partial charge in [-0.3, -0.25) is 0 Å². The van der Waals surface area contributed by atoms with Crippen molar-refractivity contribution in [1.82, 2.24) is 0 Å². The van der Waals surface area contributed by atoms with Crippen LogP contribution in [0.5, 0.6) is 0 Å². The molecule has 0 heterocycles. The molecule has 0 aliphatic heterocycles. The summed E-state index contributed by atoms with van der Waals surface area (Å²) in [5, 5.41) is 20.5. The monoisotopic (exact) mass is 230 g/mol. The van der Waals surface area contributed by atoms with Crippen LogP contribution in [-0.2, 0) is 13.0 Å². The predicted molar refractivity (Wildman–Crippen MR) is 69.9 cm³/mol. The number of aryl methyl sites for hydroxylation is 1. The Bertz CT molecular complexity index is 491. The van der Waals surface area contributed by atoms with Gasteiger partial charge in [-0.1, -0.05) is 36.4 Å². The van der Waals surface area contributed by atoms with Crippen molar-refractivity contribution in [3.8, 4) is 0 Å². The van der Waals surface area contributed by atoms with Gasteiger partial charge in [0, 0.05) is 6.61 Å². The molecule has 0 saturated heterocycles. The number of hydrogen-bond acceptors (Lipinski definition) is 2. The van der Waals surface area contributed by atoms with Gasteiger partial charge in [0.1, 0.15) is 0 Å². The van der Waals surface area contributed by atoms with Gasteiger partial charge in [-0.25, -0.2) is 0 Å². The number of hydrogen-bond donors (Lipinski definition) is 2. The molecule has 2 heteroatoms. The summed E-state index contributed by atoms with van der Waals surface area (Å²) in [4.78, 5) is 0. The minimum atomic E-state index is 0.0808. The number of aliphatic hydroxyl groups excluding tert-OH is 2. The number of rotatable bonds is 5. The topological polar surface area (TPSA) is 40.5 Å². The van der Waals surface area contributed by atoms with E-state index in [1.165, 1.54) is 10.9 Å². The fourth-order valence-electron chi connectivity index (χ4n) is 2.21. The largest absolute Gasteiger partial charge is 0.396 e. The first-order valence-corrected chi connectivity index (χ1v) is 6.08. The highest BCUT2D eigenvalue weighted by atomic mass is 16.3. The second-order valence-corrected chi connectivity index (χ2v) is 4.27. The molecule has 0 unspecified atom stereocenters. The summed E-state index contributed by atoms with van der Waals surface area (Å²) < 4.78 is 0.